The van der Waals surface area contributed by atoms with Crippen molar-refractivity contribution >= 4 is 21.6 Å². The summed E-state index contributed by atoms with van der Waals surface area (Å²) in [5, 5.41) is 14.8. The molecule has 2 unspecified atom stereocenters. The zero-order valence-electron chi connectivity index (χ0n) is 12.1. The Hall–Kier alpha value is -1.32. The monoisotopic (exact) mass is 345 g/mol. The summed E-state index contributed by atoms with van der Waals surface area (Å²) in [6.07, 6.45) is 2.63. The van der Waals surface area contributed by atoms with Crippen LogP contribution < -0.4 is 5.32 Å². The van der Waals surface area contributed by atoms with Gasteiger partial charge in [-0.25, -0.2) is 0 Å². The Morgan fingerprint density at radius 2 is 2.05 bits per heavy atom. The molecular weight excluding hydrogens is 326 g/mol. The first-order valence-electron chi connectivity index (χ1n) is 7.46. The van der Waals surface area contributed by atoms with Crippen LogP contribution in [0.4, 0.5) is 5.69 Å². The molecule has 0 aromatic heterocycles. The number of nitrogens with one attached hydrogen (secondary N) is 1. The third-order valence-corrected chi connectivity index (χ3v) is 4.98. The lowest BCUT2D eigenvalue weighted by Gasteiger charge is -2.40. The Morgan fingerprint density at radius 3 is 2.81 bits per heavy atom. The topological polar surface area (TPSA) is 32.3 Å². The summed E-state index contributed by atoms with van der Waals surface area (Å²) < 4.78 is 1.00. The van der Waals surface area contributed by atoms with Crippen molar-refractivity contribution in [1.82, 2.24) is 0 Å². The highest BCUT2D eigenvalue weighted by Gasteiger charge is 2.38. The van der Waals surface area contributed by atoms with Crippen molar-refractivity contribution in [3.63, 3.8) is 0 Å². The molecule has 2 aromatic rings. The van der Waals surface area contributed by atoms with E-state index in [2.05, 4.69) is 39.4 Å². The van der Waals surface area contributed by atoms with E-state index < -0.39 is 5.60 Å². The first-order valence-corrected chi connectivity index (χ1v) is 8.25. The highest BCUT2D eigenvalue weighted by Crippen LogP contribution is 2.37. The molecule has 0 saturated heterocycles. The molecule has 0 aliphatic carbocycles. The standard InChI is InChI=1S/C18H20BrNO/c1-2-18(21,14-7-5-8-15(19)12-14)17-11-10-13-6-3-4-9-16(13)20-17/h3-9,12,17,20-21H,2,10-11H2,1H3. The van der Waals surface area contributed by atoms with Crippen LogP contribution in [0.15, 0.2) is 53.0 Å². The number of fused-ring (bicyclic) bond motifs is 1. The Balaban J connectivity index is 1.94. The molecule has 0 spiro atoms. The minimum Gasteiger partial charge on any atom is -0.383 e. The average Bonchev–Trinajstić information content (AvgIpc) is 2.53. The quantitative estimate of drug-likeness (QED) is 0.859. The number of benzene rings is 2. The fraction of sp³-hybridized carbons (Fsp3) is 0.333. The Morgan fingerprint density at radius 1 is 1.24 bits per heavy atom. The van der Waals surface area contributed by atoms with Crippen LogP contribution in [0, 0.1) is 0 Å². The number of halogens is 1. The molecule has 0 bridgehead atoms. The van der Waals surface area contributed by atoms with Crippen molar-refractivity contribution in [2.24, 2.45) is 0 Å². The molecule has 0 radical (unpaired) electrons. The number of rotatable bonds is 3. The van der Waals surface area contributed by atoms with E-state index in [1.54, 1.807) is 0 Å². The molecule has 1 aliphatic heterocycles. The summed E-state index contributed by atoms with van der Waals surface area (Å²) >= 11 is 3.50. The molecule has 2 aromatic carbocycles. The number of aryl methyl sites for hydroxylation is 1. The normalized spacial score (nSPS) is 20.2. The van der Waals surface area contributed by atoms with Gasteiger partial charge in [-0.3, -0.25) is 0 Å². The van der Waals surface area contributed by atoms with E-state index >= 15 is 0 Å². The number of para-hydroxylation sites is 1. The van der Waals surface area contributed by atoms with Gasteiger partial charge in [0.25, 0.3) is 0 Å². The molecule has 1 heterocycles. The van der Waals surface area contributed by atoms with Crippen LogP contribution in [-0.2, 0) is 12.0 Å². The minimum absolute atomic E-state index is 0.0340. The fourth-order valence-electron chi connectivity index (χ4n) is 3.21. The molecule has 2 N–H and O–H groups in total. The van der Waals surface area contributed by atoms with Crippen molar-refractivity contribution < 1.29 is 5.11 Å². The molecule has 2 atom stereocenters. The third-order valence-electron chi connectivity index (χ3n) is 4.49. The van der Waals surface area contributed by atoms with E-state index in [0.29, 0.717) is 6.42 Å². The average molecular weight is 346 g/mol. The van der Waals surface area contributed by atoms with Gasteiger partial charge in [0.1, 0.15) is 5.60 Å². The molecule has 21 heavy (non-hydrogen) atoms. The molecule has 110 valence electrons. The van der Waals surface area contributed by atoms with Crippen molar-refractivity contribution in [3.05, 3.63) is 64.1 Å². The van der Waals surface area contributed by atoms with E-state index in [1.807, 2.05) is 37.3 Å². The van der Waals surface area contributed by atoms with Crippen LogP contribution in [0.3, 0.4) is 0 Å². The first-order chi connectivity index (χ1) is 10.1. The van der Waals surface area contributed by atoms with Gasteiger partial charge in [-0.1, -0.05) is 53.2 Å². The zero-order valence-corrected chi connectivity index (χ0v) is 13.7. The number of hydrogen-bond acceptors (Lipinski definition) is 2. The van der Waals surface area contributed by atoms with Crippen LogP contribution in [0.5, 0.6) is 0 Å². The predicted molar refractivity (Wildman–Crippen MR) is 90.5 cm³/mol. The lowest BCUT2D eigenvalue weighted by atomic mass is 9.79. The van der Waals surface area contributed by atoms with Crippen LogP contribution in [0.2, 0.25) is 0 Å². The zero-order chi connectivity index (χ0) is 14.9. The van der Waals surface area contributed by atoms with Crippen LogP contribution in [0.25, 0.3) is 0 Å². The summed E-state index contributed by atoms with van der Waals surface area (Å²) in [5.74, 6) is 0. The molecule has 3 heteroatoms. The molecule has 0 saturated carbocycles. The number of aliphatic hydroxyl groups is 1. The van der Waals surface area contributed by atoms with Crippen LogP contribution >= 0.6 is 15.9 Å². The van der Waals surface area contributed by atoms with Crippen molar-refractivity contribution in [2.75, 3.05) is 5.32 Å². The van der Waals surface area contributed by atoms with Gasteiger partial charge >= 0.3 is 0 Å². The predicted octanol–water partition coefficient (Wildman–Crippen LogP) is 4.47. The van der Waals surface area contributed by atoms with E-state index in [4.69, 9.17) is 0 Å². The molecule has 3 rings (SSSR count). The maximum absolute atomic E-state index is 11.3. The SMILES string of the molecule is CCC(O)(c1cccc(Br)c1)C1CCc2ccccc2N1. The van der Waals surface area contributed by atoms with Gasteiger partial charge in [-0.05, 0) is 48.6 Å². The Labute approximate surface area is 134 Å². The Kier molecular flexibility index (Phi) is 4.05. The lowest BCUT2D eigenvalue weighted by molar-refractivity contribution is 0.00872. The van der Waals surface area contributed by atoms with E-state index in [-0.39, 0.29) is 6.04 Å². The molecular formula is C18H20BrNO. The fourth-order valence-corrected chi connectivity index (χ4v) is 3.61. The lowest BCUT2D eigenvalue weighted by Crippen LogP contribution is -2.46. The second-order valence-electron chi connectivity index (χ2n) is 5.68. The first kappa shape index (κ1) is 14.6. The van der Waals surface area contributed by atoms with Crippen molar-refractivity contribution in [2.45, 2.75) is 37.8 Å². The summed E-state index contributed by atoms with van der Waals surface area (Å²) in [6.45, 7) is 2.04. The van der Waals surface area contributed by atoms with Gasteiger partial charge in [0.15, 0.2) is 0 Å². The summed E-state index contributed by atoms with van der Waals surface area (Å²) in [6, 6.07) is 16.4. The van der Waals surface area contributed by atoms with Gasteiger partial charge < -0.3 is 10.4 Å². The largest absolute Gasteiger partial charge is 0.383 e. The summed E-state index contributed by atoms with van der Waals surface area (Å²) in [7, 11) is 0. The second-order valence-corrected chi connectivity index (χ2v) is 6.60. The third kappa shape index (κ3) is 2.72. The van der Waals surface area contributed by atoms with E-state index in [1.165, 1.54) is 5.56 Å². The van der Waals surface area contributed by atoms with Gasteiger partial charge in [0, 0.05) is 10.2 Å². The van der Waals surface area contributed by atoms with Gasteiger partial charge in [0.05, 0.1) is 6.04 Å². The van der Waals surface area contributed by atoms with Crippen molar-refractivity contribution in [1.29, 1.82) is 0 Å². The summed E-state index contributed by atoms with van der Waals surface area (Å²) in [4.78, 5) is 0. The van der Waals surface area contributed by atoms with Gasteiger partial charge in [-0.15, -0.1) is 0 Å². The van der Waals surface area contributed by atoms with Crippen molar-refractivity contribution in [3.8, 4) is 0 Å². The van der Waals surface area contributed by atoms with E-state index in [9.17, 15) is 5.11 Å². The van der Waals surface area contributed by atoms with E-state index in [0.717, 1.165) is 28.6 Å². The molecule has 1 aliphatic rings. The minimum atomic E-state index is -0.850. The Bertz CT molecular complexity index is 643. The van der Waals surface area contributed by atoms with Crippen LogP contribution in [-0.4, -0.2) is 11.1 Å². The molecule has 0 fully saturated rings. The van der Waals surface area contributed by atoms with Gasteiger partial charge in [0.2, 0.25) is 0 Å². The maximum Gasteiger partial charge on any atom is 0.109 e. The highest BCUT2D eigenvalue weighted by molar-refractivity contribution is 9.10. The van der Waals surface area contributed by atoms with Gasteiger partial charge in [-0.2, -0.15) is 0 Å². The number of hydrogen-bond donors (Lipinski definition) is 2. The summed E-state index contributed by atoms with van der Waals surface area (Å²) in [5.41, 5.74) is 2.60. The second kappa shape index (κ2) is 5.82. The smallest absolute Gasteiger partial charge is 0.109 e. The molecule has 0 amide bonds. The molecule has 2 nitrogen and oxygen atoms in total. The maximum atomic E-state index is 11.3. The van der Waals surface area contributed by atoms with Crippen LogP contribution in [0.1, 0.15) is 30.9 Å². The number of anilines is 1. The highest BCUT2D eigenvalue weighted by atomic mass is 79.9.